The van der Waals surface area contributed by atoms with Gasteiger partial charge in [-0.3, -0.25) is 4.79 Å². The zero-order chi connectivity index (χ0) is 24.0. The van der Waals surface area contributed by atoms with Crippen LogP contribution < -0.4 is 0 Å². The van der Waals surface area contributed by atoms with E-state index >= 15 is 0 Å². The number of hydrogen-bond acceptors (Lipinski definition) is 5. The fourth-order valence-electron chi connectivity index (χ4n) is 4.00. The number of nitrogens with zero attached hydrogens (tertiary/aromatic N) is 2. The molecule has 0 spiro atoms. The van der Waals surface area contributed by atoms with Gasteiger partial charge in [0.25, 0.3) is 0 Å². The maximum Gasteiger partial charge on any atom is 0.243 e. The first-order chi connectivity index (χ1) is 16.4. The molecule has 0 aliphatic carbocycles. The first kappa shape index (κ1) is 24.2. The van der Waals surface area contributed by atoms with Gasteiger partial charge in [0.1, 0.15) is 5.76 Å². The Bertz CT molecular complexity index is 1160. The van der Waals surface area contributed by atoms with E-state index < -0.39 is 10.0 Å². The Labute approximate surface area is 201 Å². The summed E-state index contributed by atoms with van der Waals surface area (Å²) in [7, 11) is -3.89. The molecular weight excluding hydrogens is 452 g/mol. The third kappa shape index (κ3) is 6.14. The maximum absolute atomic E-state index is 13.5. The minimum Gasteiger partial charge on any atom is -0.467 e. The molecule has 1 fully saturated rings. The molecule has 1 aliphatic rings. The van der Waals surface area contributed by atoms with Crippen molar-refractivity contribution < 1.29 is 22.4 Å². The molecule has 180 valence electrons. The average Bonchev–Trinajstić information content (AvgIpc) is 3.53. The fourth-order valence-corrected chi connectivity index (χ4v) is 5.42. The third-order valence-electron chi connectivity index (χ3n) is 5.90. The lowest BCUT2D eigenvalue weighted by molar-refractivity contribution is -0.133. The second kappa shape index (κ2) is 11.0. The van der Waals surface area contributed by atoms with Crippen LogP contribution in [0.5, 0.6) is 0 Å². The van der Waals surface area contributed by atoms with Gasteiger partial charge in [-0.15, -0.1) is 0 Å². The Balaban J connectivity index is 1.59. The number of furan rings is 1. The van der Waals surface area contributed by atoms with Crippen LogP contribution in [0.3, 0.4) is 0 Å². The molecule has 2 aromatic carbocycles. The lowest BCUT2D eigenvalue weighted by Gasteiger charge is -2.28. The van der Waals surface area contributed by atoms with Gasteiger partial charge in [0.2, 0.25) is 15.9 Å². The summed E-state index contributed by atoms with van der Waals surface area (Å²) in [4.78, 5) is 15.3. The predicted molar refractivity (Wildman–Crippen MR) is 128 cm³/mol. The van der Waals surface area contributed by atoms with Crippen molar-refractivity contribution >= 4 is 15.9 Å². The van der Waals surface area contributed by atoms with E-state index in [2.05, 4.69) is 0 Å². The van der Waals surface area contributed by atoms with Crippen LogP contribution in [0.25, 0.3) is 0 Å². The van der Waals surface area contributed by atoms with E-state index in [1.807, 2.05) is 37.3 Å². The standard InChI is InChI=1S/C26H30N2O5S/c1-21-11-13-25(14-12-21)34(30,31)28(19-24-10-6-16-33-24)20-26(29)27(18-23-9-5-15-32-23)17-22-7-3-2-4-8-22/h2-5,7-9,11-15,24H,6,10,16-20H2,1H3. The smallest absolute Gasteiger partial charge is 0.243 e. The Morgan fingerprint density at radius 3 is 2.41 bits per heavy atom. The number of benzene rings is 2. The number of carbonyl (C=O) groups excluding carboxylic acids is 1. The molecule has 7 nitrogen and oxygen atoms in total. The lowest BCUT2D eigenvalue weighted by Crippen LogP contribution is -2.45. The van der Waals surface area contributed by atoms with Crippen LogP contribution in [-0.2, 0) is 32.6 Å². The minimum atomic E-state index is -3.89. The zero-order valence-corrected chi connectivity index (χ0v) is 20.1. The minimum absolute atomic E-state index is 0.141. The summed E-state index contributed by atoms with van der Waals surface area (Å²) >= 11 is 0. The highest BCUT2D eigenvalue weighted by molar-refractivity contribution is 7.89. The Morgan fingerprint density at radius 1 is 1.00 bits per heavy atom. The summed E-state index contributed by atoms with van der Waals surface area (Å²) in [6.07, 6.45) is 3.00. The SMILES string of the molecule is Cc1ccc(S(=O)(=O)N(CC(=O)N(Cc2ccccc2)Cc2ccco2)CC2CCCO2)cc1. The molecule has 1 saturated heterocycles. The van der Waals surface area contributed by atoms with Crippen LogP contribution in [0.15, 0.2) is 82.3 Å². The number of rotatable bonds is 10. The second-order valence-corrected chi connectivity index (χ2v) is 10.5. The Morgan fingerprint density at radius 2 is 1.76 bits per heavy atom. The summed E-state index contributed by atoms with van der Waals surface area (Å²) in [6, 6.07) is 19.9. The summed E-state index contributed by atoms with van der Waals surface area (Å²) < 4.78 is 39.5. The van der Waals surface area contributed by atoms with Crippen molar-refractivity contribution in [1.29, 1.82) is 0 Å². The zero-order valence-electron chi connectivity index (χ0n) is 19.3. The van der Waals surface area contributed by atoms with Crippen molar-refractivity contribution in [3.8, 4) is 0 Å². The molecule has 0 radical (unpaired) electrons. The highest BCUT2D eigenvalue weighted by atomic mass is 32.2. The third-order valence-corrected chi connectivity index (χ3v) is 7.72. The summed E-state index contributed by atoms with van der Waals surface area (Å²) in [5.41, 5.74) is 1.92. The lowest BCUT2D eigenvalue weighted by atomic mass is 10.2. The molecular formula is C26H30N2O5S. The summed E-state index contributed by atoms with van der Waals surface area (Å²) in [5.74, 6) is 0.338. The van der Waals surface area contributed by atoms with E-state index in [0.29, 0.717) is 18.9 Å². The van der Waals surface area contributed by atoms with Gasteiger partial charge in [0, 0.05) is 19.7 Å². The average molecular weight is 483 g/mol. The molecule has 0 saturated carbocycles. The fraction of sp³-hybridized carbons (Fsp3) is 0.346. The van der Waals surface area contributed by atoms with Gasteiger partial charge in [-0.25, -0.2) is 8.42 Å². The van der Waals surface area contributed by atoms with E-state index in [4.69, 9.17) is 9.15 Å². The molecule has 1 unspecified atom stereocenters. The Hall–Kier alpha value is -2.94. The largest absolute Gasteiger partial charge is 0.467 e. The number of aryl methyl sites for hydroxylation is 1. The van der Waals surface area contributed by atoms with E-state index in [-0.39, 0.29) is 36.5 Å². The molecule has 3 aromatic rings. The first-order valence-corrected chi connectivity index (χ1v) is 12.9. The molecule has 2 heterocycles. The van der Waals surface area contributed by atoms with Crippen molar-refractivity contribution in [1.82, 2.24) is 9.21 Å². The number of sulfonamides is 1. The van der Waals surface area contributed by atoms with Crippen molar-refractivity contribution in [2.24, 2.45) is 0 Å². The van der Waals surface area contributed by atoms with Crippen LogP contribution >= 0.6 is 0 Å². The Kier molecular flexibility index (Phi) is 7.82. The summed E-state index contributed by atoms with van der Waals surface area (Å²) in [6.45, 7) is 2.97. The van der Waals surface area contributed by atoms with Crippen molar-refractivity contribution in [2.75, 3.05) is 19.7 Å². The first-order valence-electron chi connectivity index (χ1n) is 11.4. The molecule has 8 heteroatoms. The van der Waals surface area contributed by atoms with E-state index in [1.54, 1.807) is 47.6 Å². The van der Waals surface area contributed by atoms with Gasteiger partial charge in [-0.1, -0.05) is 48.0 Å². The number of carbonyl (C=O) groups is 1. The summed E-state index contributed by atoms with van der Waals surface area (Å²) in [5, 5.41) is 0. The van der Waals surface area contributed by atoms with Gasteiger partial charge >= 0.3 is 0 Å². The van der Waals surface area contributed by atoms with Crippen molar-refractivity contribution in [3.05, 3.63) is 89.9 Å². The molecule has 0 N–H and O–H groups in total. The molecule has 1 amide bonds. The highest BCUT2D eigenvalue weighted by Gasteiger charge is 2.32. The van der Waals surface area contributed by atoms with E-state index in [1.165, 1.54) is 4.31 Å². The monoisotopic (exact) mass is 482 g/mol. The van der Waals surface area contributed by atoms with Crippen LogP contribution in [0.1, 0.15) is 29.7 Å². The van der Waals surface area contributed by atoms with Crippen LogP contribution in [0, 0.1) is 6.92 Å². The molecule has 4 rings (SSSR count). The van der Waals surface area contributed by atoms with Crippen molar-refractivity contribution in [3.63, 3.8) is 0 Å². The van der Waals surface area contributed by atoms with Crippen LogP contribution in [0.4, 0.5) is 0 Å². The van der Waals surface area contributed by atoms with Gasteiger partial charge in [0.05, 0.1) is 30.4 Å². The van der Waals surface area contributed by atoms with Gasteiger partial charge in [-0.2, -0.15) is 4.31 Å². The maximum atomic E-state index is 13.5. The molecule has 1 aliphatic heterocycles. The van der Waals surface area contributed by atoms with E-state index in [0.717, 1.165) is 24.0 Å². The molecule has 1 aromatic heterocycles. The second-order valence-electron chi connectivity index (χ2n) is 8.56. The number of ether oxygens (including phenoxy) is 1. The predicted octanol–water partition coefficient (Wildman–Crippen LogP) is 3.99. The van der Waals surface area contributed by atoms with Gasteiger partial charge in [0.15, 0.2) is 0 Å². The van der Waals surface area contributed by atoms with Gasteiger partial charge in [-0.05, 0) is 49.6 Å². The normalized spacial score (nSPS) is 16.1. The van der Waals surface area contributed by atoms with Gasteiger partial charge < -0.3 is 14.1 Å². The van der Waals surface area contributed by atoms with E-state index in [9.17, 15) is 13.2 Å². The number of amides is 1. The topological polar surface area (TPSA) is 80.1 Å². The molecule has 1 atom stereocenters. The van der Waals surface area contributed by atoms with Crippen LogP contribution in [0.2, 0.25) is 0 Å². The number of hydrogen-bond donors (Lipinski definition) is 0. The quantitative estimate of drug-likeness (QED) is 0.437. The van der Waals surface area contributed by atoms with Crippen LogP contribution in [-0.4, -0.2) is 49.3 Å². The van der Waals surface area contributed by atoms with Crippen molar-refractivity contribution in [2.45, 2.75) is 43.9 Å². The molecule has 0 bridgehead atoms. The molecule has 34 heavy (non-hydrogen) atoms. The highest BCUT2D eigenvalue weighted by Crippen LogP contribution is 2.21.